The van der Waals surface area contributed by atoms with E-state index in [-0.39, 0.29) is 12.1 Å². The van der Waals surface area contributed by atoms with E-state index in [1.54, 1.807) is 6.20 Å². The average molecular weight is 362 g/mol. The Labute approximate surface area is 158 Å². The zero-order valence-electron chi connectivity index (χ0n) is 17.1. The van der Waals surface area contributed by atoms with Gasteiger partial charge in [0.25, 0.3) is 0 Å². The number of nitrogens with zero attached hydrogens (tertiary/aromatic N) is 4. The van der Waals surface area contributed by atoms with Gasteiger partial charge in [-0.2, -0.15) is 4.68 Å². The fourth-order valence-corrected chi connectivity index (χ4v) is 2.52. The van der Waals surface area contributed by atoms with Gasteiger partial charge in [-0.05, 0) is 12.0 Å². The number of rotatable bonds is 2. The van der Waals surface area contributed by atoms with Gasteiger partial charge in [-0.3, -0.25) is 0 Å². The predicted molar refractivity (Wildman–Crippen MR) is 108 cm³/mol. The Bertz CT molecular complexity index is 557. The molecule has 1 aromatic carbocycles. The lowest BCUT2D eigenvalue weighted by molar-refractivity contribution is 0.156. The van der Waals surface area contributed by atoms with Crippen LogP contribution in [0.5, 0.6) is 0 Å². The van der Waals surface area contributed by atoms with Gasteiger partial charge in [0.05, 0.1) is 18.4 Å². The van der Waals surface area contributed by atoms with Crippen LogP contribution < -0.4 is 5.32 Å². The lowest BCUT2D eigenvalue weighted by atomic mass is 10.0. The predicted octanol–water partition coefficient (Wildman–Crippen LogP) is 3.84. The highest BCUT2D eigenvalue weighted by Gasteiger charge is 2.27. The SMILES string of the molecule is CC.CC.CC.O=C(N1CCNCC1Cc1ccccc1)n1ccnn1. The monoisotopic (exact) mass is 361 g/mol. The van der Waals surface area contributed by atoms with Crippen molar-refractivity contribution >= 4 is 6.03 Å². The fourth-order valence-electron chi connectivity index (χ4n) is 2.52. The first-order chi connectivity index (χ1) is 12.8. The number of piperazine rings is 1. The molecule has 1 N–H and O–H groups in total. The second-order valence-electron chi connectivity index (χ2n) is 4.87. The minimum absolute atomic E-state index is 0.107. The Morgan fingerprint density at radius 2 is 1.77 bits per heavy atom. The van der Waals surface area contributed by atoms with E-state index in [0.29, 0.717) is 6.54 Å². The van der Waals surface area contributed by atoms with Gasteiger partial charge in [-0.1, -0.05) is 77.1 Å². The molecule has 1 saturated heterocycles. The molecule has 1 atom stereocenters. The zero-order chi connectivity index (χ0) is 19.8. The van der Waals surface area contributed by atoms with Crippen LogP contribution in [-0.2, 0) is 6.42 Å². The zero-order valence-corrected chi connectivity index (χ0v) is 17.1. The molecule has 1 amide bonds. The Balaban J connectivity index is 0.000000948. The Kier molecular flexibility index (Phi) is 13.8. The highest BCUT2D eigenvalue weighted by Crippen LogP contribution is 2.12. The first-order valence-electron chi connectivity index (χ1n) is 9.76. The van der Waals surface area contributed by atoms with Gasteiger partial charge >= 0.3 is 6.03 Å². The van der Waals surface area contributed by atoms with Crippen LogP contribution in [0.4, 0.5) is 4.79 Å². The van der Waals surface area contributed by atoms with E-state index in [0.717, 1.165) is 19.5 Å². The van der Waals surface area contributed by atoms with Crippen LogP contribution in [0.1, 0.15) is 47.1 Å². The summed E-state index contributed by atoms with van der Waals surface area (Å²) >= 11 is 0. The van der Waals surface area contributed by atoms with Crippen molar-refractivity contribution in [3.05, 3.63) is 48.3 Å². The summed E-state index contributed by atoms with van der Waals surface area (Å²) in [6, 6.07) is 10.3. The third-order valence-corrected chi connectivity index (χ3v) is 3.53. The summed E-state index contributed by atoms with van der Waals surface area (Å²) in [6.07, 6.45) is 3.95. The van der Waals surface area contributed by atoms with Crippen molar-refractivity contribution in [3.8, 4) is 0 Å². The molecular formula is C20H35N5O. The standard InChI is InChI=1S/C14H17N5O.3C2H6/c20-14(19-9-7-16-17-19)18-8-6-15-11-13(18)10-12-4-2-1-3-5-12;3*1-2/h1-5,7,9,13,15H,6,8,10-11H2;3*1-2H3. The third-order valence-electron chi connectivity index (χ3n) is 3.53. The van der Waals surface area contributed by atoms with Crippen molar-refractivity contribution in [3.63, 3.8) is 0 Å². The summed E-state index contributed by atoms with van der Waals surface area (Å²) in [5, 5.41) is 10.8. The highest BCUT2D eigenvalue weighted by molar-refractivity contribution is 5.76. The number of hydrogen-bond donors (Lipinski definition) is 1. The molecule has 1 aliphatic heterocycles. The number of carbonyl (C=O) groups excluding carboxylic acids is 1. The maximum atomic E-state index is 12.4. The van der Waals surface area contributed by atoms with Crippen LogP contribution in [-0.4, -0.2) is 51.6 Å². The van der Waals surface area contributed by atoms with Crippen molar-refractivity contribution in [2.24, 2.45) is 0 Å². The number of carbonyl (C=O) groups is 1. The molecule has 1 aromatic heterocycles. The maximum absolute atomic E-state index is 12.4. The molecule has 6 nitrogen and oxygen atoms in total. The lowest BCUT2D eigenvalue weighted by Gasteiger charge is -2.35. The lowest BCUT2D eigenvalue weighted by Crippen LogP contribution is -2.55. The first kappa shape index (κ1) is 23.8. The van der Waals surface area contributed by atoms with Crippen LogP contribution >= 0.6 is 0 Å². The molecule has 0 saturated carbocycles. The molecule has 0 radical (unpaired) electrons. The van der Waals surface area contributed by atoms with Gasteiger partial charge in [-0.15, -0.1) is 5.10 Å². The number of benzene rings is 1. The van der Waals surface area contributed by atoms with Gasteiger partial charge in [0, 0.05) is 19.6 Å². The van der Waals surface area contributed by atoms with E-state index >= 15 is 0 Å². The summed E-state index contributed by atoms with van der Waals surface area (Å²) in [7, 11) is 0. The molecule has 0 aliphatic carbocycles. The summed E-state index contributed by atoms with van der Waals surface area (Å²) in [6.45, 7) is 14.3. The number of hydrogen-bond acceptors (Lipinski definition) is 4. The molecule has 2 aromatic rings. The molecule has 3 rings (SSSR count). The van der Waals surface area contributed by atoms with Gasteiger partial charge in [0.2, 0.25) is 0 Å². The fraction of sp³-hybridized carbons (Fsp3) is 0.550. The number of amides is 1. The second kappa shape index (κ2) is 15.1. The molecular weight excluding hydrogens is 326 g/mol. The van der Waals surface area contributed by atoms with Gasteiger partial charge in [-0.25, -0.2) is 4.79 Å². The van der Waals surface area contributed by atoms with Gasteiger partial charge in [0.15, 0.2) is 0 Å². The van der Waals surface area contributed by atoms with E-state index in [1.807, 2.05) is 64.6 Å². The summed E-state index contributed by atoms with van der Waals surface area (Å²) in [5.41, 5.74) is 1.23. The van der Waals surface area contributed by atoms with E-state index in [2.05, 4.69) is 27.8 Å². The molecule has 6 heteroatoms. The van der Waals surface area contributed by atoms with E-state index in [1.165, 1.54) is 16.4 Å². The number of aromatic nitrogens is 3. The highest BCUT2D eigenvalue weighted by atomic mass is 16.2. The van der Waals surface area contributed by atoms with Crippen LogP contribution in [0.2, 0.25) is 0 Å². The Hall–Kier alpha value is -2.21. The van der Waals surface area contributed by atoms with Crippen molar-refractivity contribution in [2.75, 3.05) is 19.6 Å². The van der Waals surface area contributed by atoms with Crippen LogP contribution in [0.3, 0.4) is 0 Å². The van der Waals surface area contributed by atoms with Crippen LogP contribution in [0.25, 0.3) is 0 Å². The minimum atomic E-state index is -0.107. The quantitative estimate of drug-likeness (QED) is 0.883. The molecule has 1 aliphatic rings. The molecule has 0 bridgehead atoms. The molecule has 146 valence electrons. The summed E-state index contributed by atoms with van der Waals surface area (Å²) < 4.78 is 1.29. The molecule has 1 fully saturated rings. The summed E-state index contributed by atoms with van der Waals surface area (Å²) in [4.78, 5) is 14.3. The van der Waals surface area contributed by atoms with E-state index < -0.39 is 0 Å². The molecule has 26 heavy (non-hydrogen) atoms. The largest absolute Gasteiger partial charge is 0.346 e. The first-order valence-corrected chi connectivity index (χ1v) is 9.76. The molecule has 1 unspecified atom stereocenters. The summed E-state index contributed by atoms with van der Waals surface area (Å²) in [5.74, 6) is 0. The van der Waals surface area contributed by atoms with Crippen molar-refractivity contribution in [2.45, 2.75) is 54.0 Å². The maximum Gasteiger partial charge on any atom is 0.346 e. The van der Waals surface area contributed by atoms with Crippen LogP contribution in [0, 0.1) is 0 Å². The Morgan fingerprint density at radius 3 is 2.35 bits per heavy atom. The minimum Gasteiger partial charge on any atom is -0.317 e. The van der Waals surface area contributed by atoms with Gasteiger partial charge in [0.1, 0.15) is 0 Å². The normalized spacial score (nSPS) is 15.3. The number of nitrogens with one attached hydrogen (secondary N) is 1. The van der Waals surface area contributed by atoms with Crippen molar-refractivity contribution < 1.29 is 4.79 Å². The van der Waals surface area contributed by atoms with Crippen molar-refractivity contribution in [1.29, 1.82) is 0 Å². The van der Waals surface area contributed by atoms with Crippen molar-refractivity contribution in [1.82, 2.24) is 25.2 Å². The molecule has 2 heterocycles. The smallest absolute Gasteiger partial charge is 0.317 e. The third kappa shape index (κ3) is 7.35. The van der Waals surface area contributed by atoms with Gasteiger partial charge < -0.3 is 10.2 Å². The van der Waals surface area contributed by atoms with Crippen LogP contribution in [0.15, 0.2) is 42.7 Å². The van der Waals surface area contributed by atoms with E-state index in [9.17, 15) is 4.79 Å². The Morgan fingerprint density at radius 1 is 1.12 bits per heavy atom. The molecule has 0 spiro atoms. The topological polar surface area (TPSA) is 63.1 Å². The van der Waals surface area contributed by atoms with E-state index in [4.69, 9.17) is 0 Å². The second-order valence-corrected chi connectivity index (χ2v) is 4.87. The average Bonchev–Trinajstić information content (AvgIpc) is 3.28.